The molecule has 1 aromatic carbocycles. The Balaban J connectivity index is 2.32. The standard InChI is InChI=1S/C16H17NO6/c1-4-21-13(18)10-7-5-9(6-8-10)12(17)11-14(19)22-16(2,3)23-15(11)20/h5-8H,4,17H2,1-3H3. The molecule has 0 spiro atoms. The molecule has 122 valence electrons. The molecule has 1 saturated heterocycles. The topological polar surface area (TPSA) is 105 Å². The molecule has 0 unspecified atom stereocenters. The third kappa shape index (κ3) is 3.50. The molecule has 1 fully saturated rings. The number of carbonyl (C=O) groups excluding carboxylic acids is 3. The Bertz CT molecular complexity index is 665. The fourth-order valence-electron chi connectivity index (χ4n) is 2.02. The maximum atomic E-state index is 12.0. The highest BCUT2D eigenvalue weighted by atomic mass is 16.7. The van der Waals surface area contributed by atoms with Crippen molar-refractivity contribution in [3.8, 4) is 0 Å². The zero-order chi connectivity index (χ0) is 17.2. The fourth-order valence-corrected chi connectivity index (χ4v) is 2.02. The lowest BCUT2D eigenvalue weighted by Crippen LogP contribution is -2.42. The molecule has 7 nitrogen and oxygen atoms in total. The molecule has 7 heteroatoms. The second kappa shape index (κ2) is 6.12. The number of rotatable bonds is 3. The first-order valence-electron chi connectivity index (χ1n) is 6.99. The average Bonchev–Trinajstić information content (AvgIpc) is 2.45. The van der Waals surface area contributed by atoms with Crippen LogP contribution in [0.3, 0.4) is 0 Å². The summed E-state index contributed by atoms with van der Waals surface area (Å²) in [6.07, 6.45) is 0. The number of hydrogen-bond acceptors (Lipinski definition) is 7. The fraction of sp³-hybridized carbons (Fsp3) is 0.312. The summed E-state index contributed by atoms with van der Waals surface area (Å²) in [5.41, 5.74) is 6.17. The highest BCUT2D eigenvalue weighted by Crippen LogP contribution is 2.26. The maximum absolute atomic E-state index is 12.0. The molecule has 1 heterocycles. The molecule has 1 aromatic rings. The SMILES string of the molecule is CCOC(=O)c1ccc(C(N)=C2C(=O)OC(C)(C)OC2=O)cc1. The summed E-state index contributed by atoms with van der Waals surface area (Å²) in [7, 11) is 0. The van der Waals surface area contributed by atoms with Crippen LogP contribution in [-0.2, 0) is 23.8 Å². The lowest BCUT2D eigenvalue weighted by molar-refractivity contribution is -0.222. The van der Waals surface area contributed by atoms with Gasteiger partial charge in [0.25, 0.3) is 5.79 Å². The number of nitrogens with two attached hydrogens (primary N) is 1. The number of cyclic esters (lactones) is 2. The normalized spacial score (nSPS) is 16.4. The molecule has 2 rings (SSSR count). The summed E-state index contributed by atoms with van der Waals surface area (Å²) in [4.78, 5) is 35.5. The van der Waals surface area contributed by atoms with E-state index in [1.54, 1.807) is 6.92 Å². The molecule has 2 N–H and O–H groups in total. The smallest absolute Gasteiger partial charge is 0.351 e. The molecule has 23 heavy (non-hydrogen) atoms. The number of ether oxygens (including phenoxy) is 3. The van der Waals surface area contributed by atoms with E-state index in [0.29, 0.717) is 11.1 Å². The molecule has 1 aliphatic heterocycles. The van der Waals surface area contributed by atoms with Crippen molar-refractivity contribution in [2.24, 2.45) is 5.73 Å². The van der Waals surface area contributed by atoms with Gasteiger partial charge in [-0.05, 0) is 24.6 Å². The summed E-state index contributed by atoms with van der Waals surface area (Å²) in [5, 5.41) is 0. The van der Waals surface area contributed by atoms with Crippen molar-refractivity contribution in [1.82, 2.24) is 0 Å². The van der Waals surface area contributed by atoms with Crippen LogP contribution < -0.4 is 5.73 Å². The Morgan fingerprint density at radius 1 is 1.09 bits per heavy atom. The molecular weight excluding hydrogens is 302 g/mol. The summed E-state index contributed by atoms with van der Waals surface area (Å²) in [6.45, 7) is 4.87. The van der Waals surface area contributed by atoms with Gasteiger partial charge in [-0.2, -0.15) is 0 Å². The average molecular weight is 319 g/mol. The van der Waals surface area contributed by atoms with Gasteiger partial charge in [-0.3, -0.25) is 0 Å². The number of esters is 3. The largest absolute Gasteiger partial charge is 0.462 e. The zero-order valence-electron chi connectivity index (χ0n) is 13.0. The highest BCUT2D eigenvalue weighted by molar-refractivity contribution is 6.20. The minimum atomic E-state index is -1.33. The van der Waals surface area contributed by atoms with E-state index in [2.05, 4.69) is 0 Å². The predicted molar refractivity (Wildman–Crippen MR) is 79.8 cm³/mol. The Morgan fingerprint density at radius 2 is 1.57 bits per heavy atom. The highest BCUT2D eigenvalue weighted by Gasteiger charge is 2.40. The van der Waals surface area contributed by atoms with Crippen molar-refractivity contribution in [2.75, 3.05) is 6.61 Å². The van der Waals surface area contributed by atoms with Gasteiger partial charge < -0.3 is 19.9 Å². The lowest BCUT2D eigenvalue weighted by atomic mass is 10.0. The molecule has 0 saturated carbocycles. The summed E-state index contributed by atoms with van der Waals surface area (Å²) in [5.74, 6) is -3.49. The predicted octanol–water partition coefficient (Wildman–Crippen LogP) is 1.37. The van der Waals surface area contributed by atoms with Gasteiger partial charge in [-0.15, -0.1) is 0 Å². The third-order valence-corrected chi connectivity index (χ3v) is 3.06. The van der Waals surface area contributed by atoms with Gasteiger partial charge >= 0.3 is 17.9 Å². The molecule has 0 bridgehead atoms. The number of carbonyl (C=O) groups is 3. The van der Waals surface area contributed by atoms with E-state index >= 15 is 0 Å². The van der Waals surface area contributed by atoms with Gasteiger partial charge in [-0.25, -0.2) is 14.4 Å². The molecular formula is C16H17NO6. The van der Waals surface area contributed by atoms with Crippen LogP contribution in [0, 0.1) is 0 Å². The Kier molecular flexibility index (Phi) is 4.40. The molecule has 0 atom stereocenters. The van der Waals surface area contributed by atoms with E-state index < -0.39 is 23.7 Å². The van der Waals surface area contributed by atoms with Crippen molar-refractivity contribution in [2.45, 2.75) is 26.6 Å². The summed E-state index contributed by atoms with van der Waals surface area (Å²) in [6, 6.07) is 6.00. The molecule has 0 amide bonds. The minimum Gasteiger partial charge on any atom is -0.462 e. The van der Waals surface area contributed by atoms with E-state index in [-0.39, 0.29) is 17.9 Å². The Labute approximate surface area is 133 Å². The van der Waals surface area contributed by atoms with Crippen molar-refractivity contribution in [3.63, 3.8) is 0 Å². The van der Waals surface area contributed by atoms with Gasteiger partial charge in [0.1, 0.15) is 0 Å². The van der Waals surface area contributed by atoms with Crippen LogP contribution in [0.15, 0.2) is 29.8 Å². The van der Waals surface area contributed by atoms with Crippen molar-refractivity contribution < 1.29 is 28.6 Å². The van der Waals surface area contributed by atoms with E-state index in [4.69, 9.17) is 19.9 Å². The molecule has 0 radical (unpaired) electrons. The van der Waals surface area contributed by atoms with Crippen LogP contribution in [0.1, 0.15) is 36.7 Å². The van der Waals surface area contributed by atoms with E-state index in [1.807, 2.05) is 0 Å². The van der Waals surface area contributed by atoms with Crippen LogP contribution in [0.4, 0.5) is 0 Å². The summed E-state index contributed by atoms with van der Waals surface area (Å²) >= 11 is 0. The first-order valence-corrected chi connectivity index (χ1v) is 6.99. The van der Waals surface area contributed by atoms with E-state index in [1.165, 1.54) is 38.1 Å². The van der Waals surface area contributed by atoms with Gasteiger partial charge in [-0.1, -0.05) is 12.1 Å². The molecule has 0 aliphatic carbocycles. The third-order valence-electron chi connectivity index (χ3n) is 3.06. The van der Waals surface area contributed by atoms with Gasteiger partial charge in [0.05, 0.1) is 17.9 Å². The quantitative estimate of drug-likeness (QED) is 0.509. The maximum Gasteiger partial charge on any atom is 0.351 e. The van der Waals surface area contributed by atoms with Crippen molar-refractivity contribution in [3.05, 3.63) is 41.0 Å². The Hall–Kier alpha value is -2.83. The van der Waals surface area contributed by atoms with Crippen LogP contribution >= 0.6 is 0 Å². The van der Waals surface area contributed by atoms with Crippen molar-refractivity contribution >= 4 is 23.6 Å². The second-order valence-electron chi connectivity index (χ2n) is 5.27. The molecule has 0 aromatic heterocycles. The van der Waals surface area contributed by atoms with E-state index in [0.717, 1.165) is 0 Å². The van der Waals surface area contributed by atoms with Gasteiger partial charge in [0, 0.05) is 13.8 Å². The first-order chi connectivity index (χ1) is 10.7. The lowest BCUT2D eigenvalue weighted by Gasteiger charge is -2.30. The monoisotopic (exact) mass is 319 g/mol. The van der Waals surface area contributed by atoms with E-state index in [9.17, 15) is 14.4 Å². The van der Waals surface area contributed by atoms with Crippen LogP contribution in [0.25, 0.3) is 5.70 Å². The second-order valence-corrected chi connectivity index (χ2v) is 5.27. The molecule has 1 aliphatic rings. The van der Waals surface area contributed by atoms with Crippen molar-refractivity contribution in [1.29, 1.82) is 0 Å². The van der Waals surface area contributed by atoms with Crippen LogP contribution in [-0.4, -0.2) is 30.3 Å². The van der Waals surface area contributed by atoms with Gasteiger partial charge in [0.2, 0.25) is 0 Å². The summed E-state index contributed by atoms with van der Waals surface area (Å²) < 4.78 is 14.9. The minimum absolute atomic E-state index is 0.0779. The Morgan fingerprint density at radius 3 is 2.04 bits per heavy atom. The van der Waals surface area contributed by atoms with Crippen LogP contribution in [0.2, 0.25) is 0 Å². The number of benzene rings is 1. The van der Waals surface area contributed by atoms with Gasteiger partial charge in [0.15, 0.2) is 5.57 Å². The zero-order valence-corrected chi connectivity index (χ0v) is 13.0. The number of hydrogen-bond donors (Lipinski definition) is 1. The van der Waals surface area contributed by atoms with Crippen LogP contribution in [0.5, 0.6) is 0 Å². The first kappa shape index (κ1) is 16.5.